The third kappa shape index (κ3) is 4.54. The number of carbonyl (C=O) groups excluding carboxylic acids is 2. The number of para-hydroxylation sites is 1. The van der Waals surface area contributed by atoms with E-state index in [9.17, 15) is 19.1 Å². The summed E-state index contributed by atoms with van der Waals surface area (Å²) < 4.78 is 17.8. The van der Waals surface area contributed by atoms with Gasteiger partial charge in [-0.05, 0) is 36.8 Å². The highest BCUT2D eigenvalue weighted by molar-refractivity contribution is 5.94. The van der Waals surface area contributed by atoms with Gasteiger partial charge in [-0.15, -0.1) is 0 Å². The van der Waals surface area contributed by atoms with Gasteiger partial charge in [0.25, 0.3) is 5.91 Å². The van der Waals surface area contributed by atoms with Crippen molar-refractivity contribution in [3.05, 3.63) is 65.5 Å². The average molecular weight is 317 g/mol. The maximum absolute atomic E-state index is 12.8. The predicted octanol–water partition coefficient (Wildman–Crippen LogP) is 2.39. The molecule has 0 fully saturated rings. The molecule has 1 amide bonds. The molecule has 2 rings (SSSR count). The Morgan fingerprint density at radius 1 is 1.17 bits per heavy atom. The van der Waals surface area contributed by atoms with E-state index < -0.39 is 18.0 Å². The highest BCUT2D eigenvalue weighted by Gasteiger charge is 2.20. The number of aromatic hydroxyl groups is 1. The van der Waals surface area contributed by atoms with Crippen molar-refractivity contribution in [2.24, 2.45) is 0 Å². The van der Waals surface area contributed by atoms with Gasteiger partial charge in [-0.1, -0.05) is 24.3 Å². The maximum atomic E-state index is 12.8. The Balaban J connectivity index is 1.88. The van der Waals surface area contributed by atoms with E-state index >= 15 is 0 Å². The molecule has 0 aliphatic rings. The molecular formula is C17H16FNO4. The zero-order chi connectivity index (χ0) is 16.8. The Hall–Kier alpha value is -2.89. The SMILES string of the molecule is C[C@@H](OC(=O)c1ccccc1O)C(=O)NCc1ccc(F)cc1. The smallest absolute Gasteiger partial charge is 0.342 e. The Bertz CT molecular complexity index is 700. The van der Waals surface area contributed by atoms with Crippen LogP contribution in [0, 0.1) is 5.82 Å². The summed E-state index contributed by atoms with van der Waals surface area (Å²) >= 11 is 0. The Morgan fingerprint density at radius 3 is 2.48 bits per heavy atom. The standard InChI is InChI=1S/C17H16FNO4/c1-11(23-17(22)14-4-2-3-5-15(14)20)16(21)19-10-12-6-8-13(18)9-7-12/h2-9,11,20H,10H2,1H3,(H,19,21)/t11-/m1/s1. The Labute approximate surface area is 132 Å². The van der Waals surface area contributed by atoms with Crippen LogP contribution in [0.25, 0.3) is 0 Å². The van der Waals surface area contributed by atoms with Crippen molar-refractivity contribution >= 4 is 11.9 Å². The number of amides is 1. The van der Waals surface area contributed by atoms with Crippen molar-refractivity contribution in [3.8, 4) is 5.75 Å². The van der Waals surface area contributed by atoms with Gasteiger partial charge in [-0.2, -0.15) is 0 Å². The summed E-state index contributed by atoms with van der Waals surface area (Å²) in [7, 11) is 0. The molecule has 23 heavy (non-hydrogen) atoms. The molecule has 0 saturated heterocycles. The second-order valence-electron chi connectivity index (χ2n) is 4.91. The van der Waals surface area contributed by atoms with Crippen molar-refractivity contribution in [1.29, 1.82) is 0 Å². The Morgan fingerprint density at radius 2 is 1.83 bits per heavy atom. The lowest BCUT2D eigenvalue weighted by Crippen LogP contribution is -2.35. The summed E-state index contributed by atoms with van der Waals surface area (Å²) in [6.07, 6.45) is -1.03. The fourth-order valence-electron chi connectivity index (χ4n) is 1.86. The predicted molar refractivity (Wildman–Crippen MR) is 81.2 cm³/mol. The van der Waals surface area contributed by atoms with Gasteiger partial charge < -0.3 is 15.2 Å². The van der Waals surface area contributed by atoms with Crippen LogP contribution in [0.15, 0.2) is 48.5 Å². The number of esters is 1. The molecule has 5 nitrogen and oxygen atoms in total. The molecule has 0 heterocycles. The molecular weight excluding hydrogens is 301 g/mol. The molecule has 0 bridgehead atoms. The van der Waals surface area contributed by atoms with Crippen LogP contribution in [0.1, 0.15) is 22.8 Å². The minimum Gasteiger partial charge on any atom is -0.507 e. The monoisotopic (exact) mass is 317 g/mol. The summed E-state index contributed by atoms with van der Waals surface area (Å²) in [5, 5.41) is 12.2. The molecule has 2 aromatic carbocycles. The van der Waals surface area contributed by atoms with Crippen molar-refractivity contribution in [1.82, 2.24) is 5.32 Å². The van der Waals surface area contributed by atoms with E-state index in [4.69, 9.17) is 4.74 Å². The van der Waals surface area contributed by atoms with Gasteiger partial charge >= 0.3 is 5.97 Å². The number of nitrogens with one attached hydrogen (secondary N) is 1. The van der Waals surface area contributed by atoms with E-state index in [1.807, 2.05) is 0 Å². The molecule has 0 radical (unpaired) electrons. The number of phenolic OH excluding ortho intramolecular Hbond substituents is 1. The second kappa shape index (κ2) is 7.40. The lowest BCUT2D eigenvalue weighted by Gasteiger charge is -2.14. The number of phenols is 1. The van der Waals surface area contributed by atoms with Crippen LogP contribution in [0.5, 0.6) is 5.75 Å². The van der Waals surface area contributed by atoms with Gasteiger partial charge in [-0.25, -0.2) is 9.18 Å². The molecule has 120 valence electrons. The van der Waals surface area contributed by atoms with Crippen LogP contribution in [-0.4, -0.2) is 23.1 Å². The van der Waals surface area contributed by atoms with E-state index in [0.717, 1.165) is 5.56 Å². The zero-order valence-electron chi connectivity index (χ0n) is 12.5. The summed E-state index contributed by atoms with van der Waals surface area (Å²) in [4.78, 5) is 23.8. The van der Waals surface area contributed by atoms with Crippen molar-refractivity contribution in [2.45, 2.75) is 19.6 Å². The lowest BCUT2D eigenvalue weighted by atomic mass is 10.2. The van der Waals surface area contributed by atoms with Gasteiger partial charge in [0.15, 0.2) is 6.10 Å². The van der Waals surface area contributed by atoms with E-state index in [1.165, 1.54) is 31.2 Å². The van der Waals surface area contributed by atoms with E-state index in [-0.39, 0.29) is 23.7 Å². The number of hydrogen-bond acceptors (Lipinski definition) is 4. The molecule has 0 unspecified atom stereocenters. The molecule has 1 atom stereocenters. The van der Waals surface area contributed by atoms with Gasteiger partial charge in [0, 0.05) is 6.54 Å². The molecule has 0 aromatic heterocycles. The molecule has 2 N–H and O–H groups in total. The maximum Gasteiger partial charge on any atom is 0.342 e. The highest BCUT2D eigenvalue weighted by Crippen LogP contribution is 2.17. The average Bonchev–Trinajstić information content (AvgIpc) is 2.54. The molecule has 6 heteroatoms. The molecule has 2 aromatic rings. The second-order valence-corrected chi connectivity index (χ2v) is 4.91. The summed E-state index contributed by atoms with van der Waals surface area (Å²) in [5.41, 5.74) is 0.713. The number of carbonyl (C=O) groups is 2. The first-order chi connectivity index (χ1) is 11.0. The van der Waals surface area contributed by atoms with Gasteiger partial charge in [0.05, 0.1) is 0 Å². The van der Waals surface area contributed by atoms with Crippen molar-refractivity contribution in [2.75, 3.05) is 0 Å². The van der Waals surface area contributed by atoms with Gasteiger partial charge in [0.1, 0.15) is 17.1 Å². The third-order valence-electron chi connectivity index (χ3n) is 3.16. The largest absolute Gasteiger partial charge is 0.507 e. The van der Waals surface area contributed by atoms with Crippen LogP contribution in [0.2, 0.25) is 0 Å². The lowest BCUT2D eigenvalue weighted by molar-refractivity contribution is -0.129. The first kappa shape index (κ1) is 16.5. The van der Waals surface area contributed by atoms with Crippen molar-refractivity contribution in [3.63, 3.8) is 0 Å². The minimum absolute atomic E-state index is 0.00863. The van der Waals surface area contributed by atoms with Crippen molar-refractivity contribution < 1.29 is 23.8 Å². The number of benzene rings is 2. The van der Waals surface area contributed by atoms with Crippen LogP contribution >= 0.6 is 0 Å². The zero-order valence-corrected chi connectivity index (χ0v) is 12.5. The summed E-state index contributed by atoms with van der Waals surface area (Å²) in [5.74, 6) is -1.84. The highest BCUT2D eigenvalue weighted by atomic mass is 19.1. The quantitative estimate of drug-likeness (QED) is 0.830. The molecule has 0 spiro atoms. The topological polar surface area (TPSA) is 75.6 Å². The van der Waals surface area contributed by atoms with E-state index in [1.54, 1.807) is 24.3 Å². The van der Waals surface area contributed by atoms with Crippen LogP contribution in [0.4, 0.5) is 4.39 Å². The van der Waals surface area contributed by atoms with Crippen LogP contribution in [-0.2, 0) is 16.1 Å². The van der Waals surface area contributed by atoms with E-state index in [0.29, 0.717) is 0 Å². The molecule has 0 saturated carbocycles. The molecule has 0 aliphatic heterocycles. The van der Waals surface area contributed by atoms with Gasteiger partial charge in [0.2, 0.25) is 0 Å². The number of halogens is 1. The molecule has 0 aliphatic carbocycles. The first-order valence-corrected chi connectivity index (χ1v) is 6.98. The number of rotatable bonds is 5. The van der Waals surface area contributed by atoms with E-state index in [2.05, 4.69) is 5.32 Å². The Kier molecular flexibility index (Phi) is 5.30. The normalized spacial score (nSPS) is 11.6. The summed E-state index contributed by atoms with van der Waals surface area (Å²) in [6, 6.07) is 11.6. The fourth-order valence-corrected chi connectivity index (χ4v) is 1.86. The fraction of sp³-hybridized carbons (Fsp3) is 0.176. The number of ether oxygens (including phenoxy) is 1. The number of hydrogen-bond donors (Lipinski definition) is 2. The third-order valence-corrected chi connectivity index (χ3v) is 3.16. The van der Waals surface area contributed by atoms with Gasteiger partial charge in [-0.3, -0.25) is 4.79 Å². The minimum atomic E-state index is -1.03. The summed E-state index contributed by atoms with van der Waals surface area (Å²) in [6.45, 7) is 1.62. The van der Waals surface area contributed by atoms with Crippen LogP contribution in [0.3, 0.4) is 0 Å². The first-order valence-electron chi connectivity index (χ1n) is 6.98. The van der Waals surface area contributed by atoms with Crippen LogP contribution < -0.4 is 5.32 Å².